The minimum atomic E-state index is 0.0322. The van der Waals surface area contributed by atoms with E-state index in [-0.39, 0.29) is 5.91 Å². The van der Waals surface area contributed by atoms with Gasteiger partial charge in [0.2, 0.25) is 11.8 Å². The third-order valence-electron chi connectivity index (χ3n) is 5.28. The maximum atomic E-state index is 11.2. The Morgan fingerprint density at radius 1 is 1.25 bits per heavy atom. The molecule has 1 unspecified atom stereocenters. The van der Waals surface area contributed by atoms with Crippen LogP contribution in [-0.2, 0) is 4.79 Å². The van der Waals surface area contributed by atoms with Gasteiger partial charge in [-0.1, -0.05) is 0 Å². The molecule has 8 nitrogen and oxygen atoms in total. The summed E-state index contributed by atoms with van der Waals surface area (Å²) in [7, 11) is 1.60. The van der Waals surface area contributed by atoms with Gasteiger partial charge in [0.25, 0.3) is 0 Å². The zero-order chi connectivity index (χ0) is 19.5. The molecule has 0 bridgehead atoms. The Morgan fingerprint density at radius 2 is 2.14 bits per heavy atom. The summed E-state index contributed by atoms with van der Waals surface area (Å²) >= 11 is 0. The molecule has 146 valence electrons. The second-order valence-corrected chi connectivity index (χ2v) is 7.16. The average Bonchev–Trinajstić information content (AvgIpc) is 2.96. The average molecular weight is 380 g/mol. The van der Waals surface area contributed by atoms with Crippen LogP contribution in [0.3, 0.4) is 0 Å². The van der Waals surface area contributed by atoms with Crippen molar-refractivity contribution in [1.82, 2.24) is 25.3 Å². The smallest absolute Gasteiger partial charge is 0.216 e. The SMILES string of the molecule is COc1ccc2c(ncc3ncnc(N4CCCC(CNC(C)=O)CC4)c32)n1. The monoisotopic (exact) mass is 380 g/mol. The molecule has 4 heterocycles. The van der Waals surface area contributed by atoms with Crippen LogP contribution in [0.15, 0.2) is 24.7 Å². The quantitative estimate of drug-likeness (QED) is 0.694. The highest BCUT2D eigenvalue weighted by Gasteiger charge is 2.21. The van der Waals surface area contributed by atoms with Crippen molar-refractivity contribution in [2.24, 2.45) is 5.92 Å². The van der Waals surface area contributed by atoms with Crippen LogP contribution in [-0.4, -0.2) is 52.6 Å². The minimum absolute atomic E-state index is 0.0322. The Balaban J connectivity index is 1.68. The largest absolute Gasteiger partial charge is 0.481 e. The van der Waals surface area contributed by atoms with Crippen molar-refractivity contribution in [3.05, 3.63) is 24.7 Å². The zero-order valence-corrected chi connectivity index (χ0v) is 16.2. The number of amides is 1. The van der Waals surface area contributed by atoms with Crippen molar-refractivity contribution in [3.63, 3.8) is 0 Å². The van der Waals surface area contributed by atoms with Gasteiger partial charge in [-0.2, -0.15) is 4.98 Å². The summed E-state index contributed by atoms with van der Waals surface area (Å²) in [5.74, 6) is 1.98. The second kappa shape index (κ2) is 7.92. The van der Waals surface area contributed by atoms with Gasteiger partial charge in [-0.05, 0) is 31.2 Å². The molecule has 4 rings (SSSR count). The zero-order valence-electron chi connectivity index (χ0n) is 16.2. The van der Waals surface area contributed by atoms with Gasteiger partial charge in [-0.25, -0.2) is 15.0 Å². The molecule has 1 fully saturated rings. The van der Waals surface area contributed by atoms with Crippen LogP contribution in [0.25, 0.3) is 21.9 Å². The van der Waals surface area contributed by atoms with Gasteiger partial charge in [0.15, 0.2) is 5.65 Å². The number of nitrogens with one attached hydrogen (secondary N) is 1. The van der Waals surface area contributed by atoms with E-state index in [2.05, 4.69) is 30.2 Å². The Bertz CT molecular complexity index is 1010. The first-order valence-corrected chi connectivity index (χ1v) is 9.59. The lowest BCUT2D eigenvalue weighted by Crippen LogP contribution is -2.29. The van der Waals surface area contributed by atoms with E-state index in [1.807, 2.05) is 12.1 Å². The first kappa shape index (κ1) is 18.3. The van der Waals surface area contributed by atoms with E-state index in [0.29, 0.717) is 17.4 Å². The molecule has 1 atom stereocenters. The maximum Gasteiger partial charge on any atom is 0.216 e. The minimum Gasteiger partial charge on any atom is -0.481 e. The molecule has 1 aliphatic heterocycles. The van der Waals surface area contributed by atoms with Gasteiger partial charge in [0, 0.05) is 38.0 Å². The van der Waals surface area contributed by atoms with Gasteiger partial charge < -0.3 is 15.0 Å². The fourth-order valence-corrected chi connectivity index (χ4v) is 3.82. The van der Waals surface area contributed by atoms with Gasteiger partial charge in [-0.15, -0.1) is 0 Å². The third-order valence-corrected chi connectivity index (χ3v) is 5.28. The summed E-state index contributed by atoms with van der Waals surface area (Å²) < 4.78 is 5.23. The third kappa shape index (κ3) is 3.67. The molecule has 0 aromatic carbocycles. The van der Waals surface area contributed by atoms with Crippen LogP contribution in [0.5, 0.6) is 5.88 Å². The fraction of sp³-hybridized carbons (Fsp3) is 0.450. The molecular weight excluding hydrogens is 356 g/mol. The molecule has 28 heavy (non-hydrogen) atoms. The normalized spacial score (nSPS) is 17.5. The number of carbonyl (C=O) groups is 1. The van der Waals surface area contributed by atoms with E-state index >= 15 is 0 Å². The molecule has 0 spiro atoms. The van der Waals surface area contributed by atoms with Crippen molar-refractivity contribution >= 4 is 33.7 Å². The van der Waals surface area contributed by atoms with Gasteiger partial charge in [0.05, 0.1) is 24.2 Å². The van der Waals surface area contributed by atoms with Crippen molar-refractivity contribution in [1.29, 1.82) is 0 Å². The van der Waals surface area contributed by atoms with E-state index in [4.69, 9.17) is 4.74 Å². The van der Waals surface area contributed by atoms with Crippen LogP contribution < -0.4 is 15.0 Å². The number of anilines is 1. The second-order valence-electron chi connectivity index (χ2n) is 7.16. The number of aromatic nitrogens is 4. The van der Waals surface area contributed by atoms with Crippen molar-refractivity contribution in [3.8, 4) is 5.88 Å². The van der Waals surface area contributed by atoms with Crippen LogP contribution in [0.1, 0.15) is 26.2 Å². The van der Waals surface area contributed by atoms with Crippen molar-refractivity contribution < 1.29 is 9.53 Å². The number of carbonyl (C=O) groups excluding carboxylic acids is 1. The topological polar surface area (TPSA) is 93.1 Å². The van der Waals surface area contributed by atoms with Crippen LogP contribution in [0.2, 0.25) is 0 Å². The van der Waals surface area contributed by atoms with E-state index in [1.54, 1.807) is 26.6 Å². The molecule has 0 radical (unpaired) electrons. The lowest BCUT2D eigenvalue weighted by molar-refractivity contribution is -0.119. The summed E-state index contributed by atoms with van der Waals surface area (Å²) in [5, 5.41) is 4.85. The van der Waals surface area contributed by atoms with Crippen LogP contribution >= 0.6 is 0 Å². The van der Waals surface area contributed by atoms with Crippen LogP contribution in [0.4, 0.5) is 5.82 Å². The lowest BCUT2D eigenvalue weighted by Gasteiger charge is -2.23. The highest BCUT2D eigenvalue weighted by molar-refractivity contribution is 6.08. The number of ether oxygens (including phenoxy) is 1. The lowest BCUT2D eigenvalue weighted by atomic mass is 10.0. The summed E-state index contributed by atoms with van der Waals surface area (Å²) in [6.07, 6.45) is 6.51. The van der Waals surface area contributed by atoms with E-state index < -0.39 is 0 Å². The standard InChI is InChI=1S/C20H24N6O2/c1-13(27)21-10-14-4-3-8-26(9-7-14)20-18-15-5-6-17(28-2)25-19(15)22-11-16(18)23-12-24-20/h5-6,11-12,14H,3-4,7-10H2,1-2H3,(H,21,27). The first-order valence-electron chi connectivity index (χ1n) is 9.59. The number of hydrogen-bond donors (Lipinski definition) is 1. The van der Waals surface area contributed by atoms with Crippen molar-refractivity contribution in [2.75, 3.05) is 31.6 Å². The van der Waals surface area contributed by atoms with E-state index in [9.17, 15) is 4.79 Å². The van der Waals surface area contributed by atoms with E-state index in [1.165, 1.54) is 0 Å². The van der Waals surface area contributed by atoms with Crippen molar-refractivity contribution in [2.45, 2.75) is 26.2 Å². The number of fused-ring (bicyclic) bond motifs is 3. The number of methoxy groups -OCH3 is 1. The molecule has 3 aromatic heterocycles. The Morgan fingerprint density at radius 3 is 2.96 bits per heavy atom. The van der Waals surface area contributed by atoms with E-state index in [0.717, 1.165) is 61.0 Å². The Labute approximate surface area is 163 Å². The fourth-order valence-electron chi connectivity index (χ4n) is 3.82. The molecule has 1 saturated heterocycles. The molecule has 8 heteroatoms. The van der Waals surface area contributed by atoms with Crippen LogP contribution in [0, 0.1) is 5.92 Å². The molecular formula is C20H24N6O2. The summed E-state index contributed by atoms with van der Waals surface area (Å²) in [5.41, 5.74) is 1.43. The number of hydrogen-bond acceptors (Lipinski definition) is 7. The highest BCUT2D eigenvalue weighted by atomic mass is 16.5. The Hall–Kier alpha value is -3.03. The summed E-state index contributed by atoms with van der Waals surface area (Å²) in [6.45, 7) is 4.13. The predicted octanol–water partition coefficient (Wildman–Crippen LogP) is 2.32. The summed E-state index contributed by atoms with van der Waals surface area (Å²) in [4.78, 5) is 31.5. The van der Waals surface area contributed by atoms with Gasteiger partial charge in [0.1, 0.15) is 12.1 Å². The molecule has 1 N–H and O–H groups in total. The Kier molecular flexibility index (Phi) is 5.18. The van der Waals surface area contributed by atoms with Gasteiger partial charge >= 0.3 is 0 Å². The molecule has 3 aromatic rings. The number of pyridine rings is 2. The molecule has 1 amide bonds. The predicted molar refractivity (Wildman–Crippen MR) is 107 cm³/mol. The first-order chi connectivity index (χ1) is 13.7. The molecule has 0 saturated carbocycles. The number of rotatable bonds is 4. The summed E-state index contributed by atoms with van der Waals surface area (Å²) in [6, 6.07) is 3.81. The molecule has 0 aliphatic carbocycles. The highest BCUT2D eigenvalue weighted by Crippen LogP contribution is 2.31. The molecule has 1 aliphatic rings. The van der Waals surface area contributed by atoms with Gasteiger partial charge in [-0.3, -0.25) is 4.79 Å². The number of nitrogens with zero attached hydrogens (tertiary/aromatic N) is 5. The maximum absolute atomic E-state index is 11.2.